The van der Waals surface area contributed by atoms with Crippen molar-refractivity contribution < 1.29 is 4.79 Å². The third kappa shape index (κ3) is 2.98. The van der Waals surface area contributed by atoms with Gasteiger partial charge in [0.05, 0.1) is 5.57 Å². The van der Waals surface area contributed by atoms with Gasteiger partial charge in [0.15, 0.2) is 0 Å². The molecule has 0 saturated heterocycles. The lowest BCUT2D eigenvalue weighted by molar-refractivity contribution is -0.107. The number of allylic oxidation sites excluding steroid dienone is 1. The SMILES string of the molecule is CN(C)/C(Cl)=C(/C(=O)Cl)c1ccccc1. The zero-order chi connectivity index (χ0) is 11.4. The van der Waals surface area contributed by atoms with E-state index in [0.29, 0.717) is 10.7 Å². The maximum atomic E-state index is 11.3. The van der Waals surface area contributed by atoms with Gasteiger partial charge in [-0.2, -0.15) is 0 Å². The fourth-order valence-corrected chi connectivity index (χ4v) is 1.58. The van der Waals surface area contributed by atoms with E-state index in [0.717, 1.165) is 5.56 Å². The number of carbonyl (C=O) groups is 1. The molecule has 0 bridgehead atoms. The molecule has 0 unspecified atom stereocenters. The van der Waals surface area contributed by atoms with Crippen LogP contribution in [-0.4, -0.2) is 24.2 Å². The van der Waals surface area contributed by atoms with Gasteiger partial charge in [-0.3, -0.25) is 4.79 Å². The summed E-state index contributed by atoms with van der Waals surface area (Å²) in [6, 6.07) is 9.11. The Morgan fingerprint density at radius 1 is 1.13 bits per heavy atom. The first-order valence-corrected chi connectivity index (χ1v) is 5.12. The van der Waals surface area contributed by atoms with Crippen molar-refractivity contribution in [2.75, 3.05) is 14.1 Å². The molecule has 0 aliphatic carbocycles. The number of benzene rings is 1. The summed E-state index contributed by atoms with van der Waals surface area (Å²) in [5, 5.41) is -0.221. The molecule has 0 aliphatic rings. The van der Waals surface area contributed by atoms with Crippen LogP contribution in [-0.2, 0) is 4.79 Å². The smallest absolute Gasteiger partial charge is 0.256 e. The van der Waals surface area contributed by atoms with Crippen molar-refractivity contribution >= 4 is 34.0 Å². The van der Waals surface area contributed by atoms with Crippen molar-refractivity contribution in [1.29, 1.82) is 0 Å². The minimum absolute atomic E-state index is 0.323. The zero-order valence-corrected chi connectivity index (χ0v) is 10.0. The molecule has 0 saturated carbocycles. The lowest BCUT2D eigenvalue weighted by atomic mass is 10.1. The summed E-state index contributed by atoms with van der Waals surface area (Å²) in [7, 11) is 3.51. The predicted octanol–water partition coefficient (Wildman–Crippen LogP) is 2.92. The average Bonchev–Trinajstić information content (AvgIpc) is 2.18. The Labute approximate surface area is 99.1 Å². The normalized spacial score (nSPS) is 12.0. The lowest BCUT2D eigenvalue weighted by Gasteiger charge is -2.14. The van der Waals surface area contributed by atoms with E-state index in [9.17, 15) is 4.79 Å². The Kier molecular flexibility index (Phi) is 4.18. The standard InChI is InChI=1S/C11H11Cl2NO/c1-14(2)10(12)9(11(13)15)8-6-4-3-5-7-8/h3-7H,1-2H3/b10-9+. The van der Waals surface area contributed by atoms with E-state index in [2.05, 4.69) is 0 Å². The van der Waals surface area contributed by atoms with Crippen LogP contribution in [0.5, 0.6) is 0 Å². The van der Waals surface area contributed by atoms with Gasteiger partial charge < -0.3 is 4.90 Å². The number of hydrogen-bond donors (Lipinski definition) is 0. The molecular weight excluding hydrogens is 233 g/mol. The van der Waals surface area contributed by atoms with Crippen molar-refractivity contribution in [3.63, 3.8) is 0 Å². The van der Waals surface area contributed by atoms with E-state index in [1.807, 2.05) is 18.2 Å². The molecule has 4 heteroatoms. The minimum Gasteiger partial charge on any atom is -0.368 e. The van der Waals surface area contributed by atoms with E-state index in [4.69, 9.17) is 23.2 Å². The maximum Gasteiger partial charge on any atom is 0.256 e. The largest absolute Gasteiger partial charge is 0.368 e. The molecule has 2 nitrogen and oxygen atoms in total. The second-order valence-electron chi connectivity index (χ2n) is 3.20. The average molecular weight is 244 g/mol. The van der Waals surface area contributed by atoms with Gasteiger partial charge in [-0.25, -0.2) is 0 Å². The molecule has 0 spiro atoms. The van der Waals surface area contributed by atoms with E-state index in [-0.39, 0.29) is 0 Å². The first kappa shape index (κ1) is 12.1. The van der Waals surface area contributed by atoms with Gasteiger partial charge >= 0.3 is 0 Å². The van der Waals surface area contributed by atoms with Crippen LogP contribution in [0.2, 0.25) is 0 Å². The van der Waals surface area contributed by atoms with E-state index in [1.165, 1.54) is 0 Å². The summed E-state index contributed by atoms with van der Waals surface area (Å²) in [5.74, 6) is 0. The predicted molar refractivity (Wildman–Crippen MR) is 63.8 cm³/mol. The monoisotopic (exact) mass is 243 g/mol. The van der Waals surface area contributed by atoms with Gasteiger partial charge in [0.2, 0.25) is 0 Å². The van der Waals surface area contributed by atoms with Crippen molar-refractivity contribution in [3.8, 4) is 0 Å². The van der Waals surface area contributed by atoms with Crippen molar-refractivity contribution in [1.82, 2.24) is 4.90 Å². The quantitative estimate of drug-likeness (QED) is 0.463. The molecule has 0 atom stereocenters. The Balaban J connectivity index is 3.27. The summed E-state index contributed by atoms with van der Waals surface area (Å²) in [6.07, 6.45) is 0. The highest BCUT2D eigenvalue weighted by molar-refractivity contribution is 6.75. The molecule has 0 heterocycles. The van der Waals surface area contributed by atoms with Gasteiger partial charge in [-0.15, -0.1) is 0 Å². The third-order valence-electron chi connectivity index (χ3n) is 1.86. The van der Waals surface area contributed by atoms with E-state index >= 15 is 0 Å². The highest BCUT2D eigenvalue weighted by atomic mass is 35.5. The molecular formula is C11H11Cl2NO. The molecule has 15 heavy (non-hydrogen) atoms. The van der Waals surface area contributed by atoms with Crippen molar-refractivity contribution in [2.45, 2.75) is 0 Å². The van der Waals surface area contributed by atoms with Gasteiger partial charge in [0.1, 0.15) is 5.16 Å². The van der Waals surface area contributed by atoms with Crippen LogP contribution >= 0.6 is 23.2 Å². The summed E-state index contributed by atoms with van der Waals surface area (Å²) in [6.45, 7) is 0. The van der Waals surface area contributed by atoms with Crippen molar-refractivity contribution in [2.24, 2.45) is 0 Å². The van der Waals surface area contributed by atoms with Crippen LogP contribution in [0.3, 0.4) is 0 Å². The van der Waals surface area contributed by atoms with Gasteiger partial charge in [0, 0.05) is 14.1 Å². The molecule has 0 fully saturated rings. The van der Waals surface area contributed by atoms with Crippen LogP contribution in [0.15, 0.2) is 35.5 Å². The number of carbonyl (C=O) groups excluding carboxylic acids is 1. The highest BCUT2D eigenvalue weighted by Crippen LogP contribution is 2.24. The topological polar surface area (TPSA) is 20.3 Å². The fourth-order valence-electron chi connectivity index (χ4n) is 1.14. The summed E-state index contributed by atoms with van der Waals surface area (Å²) in [4.78, 5) is 12.9. The lowest BCUT2D eigenvalue weighted by Crippen LogP contribution is -2.11. The molecule has 1 aromatic carbocycles. The molecule has 0 N–H and O–H groups in total. The van der Waals surface area contributed by atoms with Crippen LogP contribution < -0.4 is 0 Å². The maximum absolute atomic E-state index is 11.3. The minimum atomic E-state index is -0.556. The summed E-state index contributed by atoms with van der Waals surface area (Å²) >= 11 is 11.5. The van der Waals surface area contributed by atoms with E-state index in [1.54, 1.807) is 31.1 Å². The van der Waals surface area contributed by atoms with Gasteiger partial charge in [-0.1, -0.05) is 41.9 Å². The van der Waals surface area contributed by atoms with Gasteiger partial charge in [-0.05, 0) is 17.2 Å². The molecule has 0 aliphatic heterocycles. The molecule has 1 aromatic rings. The van der Waals surface area contributed by atoms with Crippen molar-refractivity contribution in [3.05, 3.63) is 41.1 Å². The Morgan fingerprint density at radius 3 is 2.07 bits per heavy atom. The summed E-state index contributed by atoms with van der Waals surface area (Å²) in [5.41, 5.74) is 1.04. The van der Waals surface area contributed by atoms with Crippen LogP contribution in [0.4, 0.5) is 0 Å². The molecule has 0 amide bonds. The van der Waals surface area contributed by atoms with E-state index < -0.39 is 5.24 Å². The number of halogens is 2. The second kappa shape index (κ2) is 5.19. The zero-order valence-electron chi connectivity index (χ0n) is 8.50. The first-order chi connectivity index (χ1) is 7.04. The number of hydrogen-bond acceptors (Lipinski definition) is 2. The third-order valence-corrected chi connectivity index (χ3v) is 2.57. The number of rotatable bonds is 3. The number of nitrogens with zero attached hydrogens (tertiary/aromatic N) is 1. The Bertz CT molecular complexity index is 385. The first-order valence-electron chi connectivity index (χ1n) is 4.36. The molecule has 0 radical (unpaired) electrons. The summed E-state index contributed by atoms with van der Waals surface area (Å²) < 4.78 is 0. The Morgan fingerprint density at radius 2 is 1.67 bits per heavy atom. The molecule has 0 aromatic heterocycles. The molecule has 1 rings (SSSR count). The van der Waals surface area contributed by atoms with Crippen LogP contribution in [0.1, 0.15) is 5.56 Å². The van der Waals surface area contributed by atoms with Gasteiger partial charge in [0.25, 0.3) is 5.24 Å². The highest BCUT2D eigenvalue weighted by Gasteiger charge is 2.15. The Hall–Kier alpha value is -0.990. The fraction of sp³-hybridized carbons (Fsp3) is 0.182. The molecule has 80 valence electrons. The van der Waals surface area contributed by atoms with Crippen LogP contribution in [0, 0.1) is 0 Å². The second-order valence-corrected chi connectivity index (χ2v) is 3.90. The van der Waals surface area contributed by atoms with Crippen LogP contribution in [0.25, 0.3) is 5.57 Å².